The van der Waals surface area contributed by atoms with E-state index in [0.717, 1.165) is 22.9 Å². The second-order valence-corrected chi connectivity index (χ2v) is 5.00. The number of allylic oxidation sites excluding steroid dienone is 1. The molecule has 0 bridgehead atoms. The fraction of sp³-hybridized carbons (Fsp3) is 0.357. The molecule has 0 fully saturated rings. The van der Waals surface area contributed by atoms with Gasteiger partial charge in [-0.05, 0) is 43.4 Å². The van der Waals surface area contributed by atoms with Gasteiger partial charge in [-0.2, -0.15) is 0 Å². The Bertz CT molecular complexity index is 370. The van der Waals surface area contributed by atoms with Crippen LogP contribution in [-0.4, -0.2) is 11.1 Å². The summed E-state index contributed by atoms with van der Waals surface area (Å²) in [6.07, 6.45) is 4.90. The number of hydrogen-bond donors (Lipinski definition) is 1. The van der Waals surface area contributed by atoms with Crippen molar-refractivity contribution in [2.45, 2.75) is 25.7 Å². The van der Waals surface area contributed by atoms with E-state index in [1.807, 2.05) is 30.3 Å². The number of benzene rings is 1. The minimum Gasteiger partial charge on any atom is -0.481 e. The largest absolute Gasteiger partial charge is 0.481 e. The maximum absolute atomic E-state index is 11.1. The van der Waals surface area contributed by atoms with Gasteiger partial charge >= 0.3 is 5.97 Å². The number of rotatable bonds is 7. The highest BCUT2D eigenvalue weighted by atomic mass is 79.9. The molecule has 0 aliphatic rings. The lowest BCUT2D eigenvalue weighted by atomic mass is 9.94. The van der Waals surface area contributed by atoms with Gasteiger partial charge in [0.15, 0.2) is 0 Å². The van der Waals surface area contributed by atoms with Crippen LogP contribution in [-0.2, 0) is 11.2 Å². The average Bonchev–Trinajstić information content (AvgIpc) is 2.30. The van der Waals surface area contributed by atoms with Crippen molar-refractivity contribution in [1.29, 1.82) is 0 Å². The van der Waals surface area contributed by atoms with Gasteiger partial charge in [0, 0.05) is 4.47 Å². The standard InChI is InChI=1S/C14H17BrO2/c1-2-3-4-5-12(14(16)17)10-11-6-8-13(15)9-7-11/h2,6-9,12H,1,3-5,10H2,(H,16,17). The highest BCUT2D eigenvalue weighted by molar-refractivity contribution is 9.10. The van der Waals surface area contributed by atoms with Crippen LogP contribution in [0.3, 0.4) is 0 Å². The Morgan fingerprint density at radius 2 is 2.06 bits per heavy atom. The zero-order chi connectivity index (χ0) is 12.7. The first-order valence-electron chi connectivity index (χ1n) is 5.71. The summed E-state index contributed by atoms with van der Waals surface area (Å²) < 4.78 is 1.01. The van der Waals surface area contributed by atoms with Gasteiger partial charge in [0.25, 0.3) is 0 Å². The van der Waals surface area contributed by atoms with Crippen LogP contribution >= 0.6 is 15.9 Å². The molecule has 0 aromatic heterocycles. The zero-order valence-corrected chi connectivity index (χ0v) is 11.3. The molecule has 0 amide bonds. The van der Waals surface area contributed by atoms with E-state index < -0.39 is 5.97 Å². The van der Waals surface area contributed by atoms with Crippen molar-refractivity contribution in [3.05, 3.63) is 47.0 Å². The first-order valence-corrected chi connectivity index (χ1v) is 6.51. The van der Waals surface area contributed by atoms with Gasteiger partial charge in [0.2, 0.25) is 0 Å². The van der Waals surface area contributed by atoms with Crippen molar-refractivity contribution >= 4 is 21.9 Å². The lowest BCUT2D eigenvalue weighted by Gasteiger charge is -2.11. The summed E-state index contributed by atoms with van der Waals surface area (Å²) in [5.74, 6) is -1.01. The molecule has 0 aliphatic carbocycles. The lowest BCUT2D eigenvalue weighted by molar-refractivity contribution is -0.141. The third-order valence-corrected chi connectivity index (χ3v) is 3.23. The summed E-state index contributed by atoms with van der Waals surface area (Å²) in [4.78, 5) is 11.1. The van der Waals surface area contributed by atoms with Crippen LogP contribution in [0, 0.1) is 5.92 Å². The van der Waals surface area contributed by atoms with Crippen LogP contribution in [0.1, 0.15) is 24.8 Å². The Kier molecular flexibility index (Phi) is 5.98. The highest BCUT2D eigenvalue weighted by Gasteiger charge is 2.17. The summed E-state index contributed by atoms with van der Waals surface area (Å²) in [6, 6.07) is 7.82. The quantitative estimate of drug-likeness (QED) is 0.609. The van der Waals surface area contributed by atoms with Gasteiger partial charge in [0.05, 0.1) is 5.92 Å². The Morgan fingerprint density at radius 1 is 1.41 bits per heavy atom. The summed E-state index contributed by atoms with van der Waals surface area (Å²) >= 11 is 3.36. The predicted molar refractivity (Wildman–Crippen MR) is 73.0 cm³/mol. The monoisotopic (exact) mass is 296 g/mol. The summed E-state index contributed by atoms with van der Waals surface area (Å²) in [5, 5.41) is 9.15. The number of carbonyl (C=O) groups is 1. The molecule has 0 heterocycles. The molecular weight excluding hydrogens is 280 g/mol. The normalized spacial score (nSPS) is 12.1. The van der Waals surface area contributed by atoms with Crippen LogP contribution in [0.4, 0.5) is 0 Å². The van der Waals surface area contributed by atoms with Crippen molar-refractivity contribution in [3.63, 3.8) is 0 Å². The molecule has 3 heteroatoms. The first kappa shape index (κ1) is 14.0. The van der Waals surface area contributed by atoms with E-state index in [1.165, 1.54) is 0 Å². The molecule has 1 N–H and O–H groups in total. The average molecular weight is 297 g/mol. The number of aliphatic carboxylic acids is 1. The van der Waals surface area contributed by atoms with Crippen LogP contribution in [0.5, 0.6) is 0 Å². The molecule has 17 heavy (non-hydrogen) atoms. The zero-order valence-electron chi connectivity index (χ0n) is 9.73. The van der Waals surface area contributed by atoms with E-state index in [-0.39, 0.29) is 5.92 Å². The molecule has 1 rings (SSSR count). The molecule has 0 aliphatic heterocycles. The fourth-order valence-corrected chi connectivity index (χ4v) is 1.99. The van der Waals surface area contributed by atoms with Gasteiger partial charge in [-0.15, -0.1) is 6.58 Å². The third kappa shape index (κ3) is 5.18. The molecule has 92 valence electrons. The molecule has 1 aromatic rings. The van der Waals surface area contributed by atoms with E-state index in [9.17, 15) is 4.79 Å². The van der Waals surface area contributed by atoms with Gasteiger partial charge in [-0.3, -0.25) is 4.79 Å². The third-order valence-electron chi connectivity index (χ3n) is 2.71. The number of unbranched alkanes of at least 4 members (excludes halogenated alkanes) is 1. The van der Waals surface area contributed by atoms with E-state index in [4.69, 9.17) is 5.11 Å². The molecular formula is C14H17BrO2. The Morgan fingerprint density at radius 3 is 2.59 bits per heavy atom. The molecule has 1 unspecified atom stereocenters. The fourth-order valence-electron chi connectivity index (χ4n) is 1.73. The maximum atomic E-state index is 11.1. The molecule has 0 saturated heterocycles. The van der Waals surface area contributed by atoms with E-state index in [0.29, 0.717) is 12.8 Å². The van der Waals surface area contributed by atoms with Crippen molar-refractivity contribution < 1.29 is 9.90 Å². The second-order valence-electron chi connectivity index (χ2n) is 4.09. The van der Waals surface area contributed by atoms with Crippen molar-refractivity contribution in [3.8, 4) is 0 Å². The second kappa shape index (κ2) is 7.28. The predicted octanol–water partition coefficient (Wildman–Crippen LogP) is 4.05. The SMILES string of the molecule is C=CCCCC(Cc1ccc(Br)cc1)C(=O)O. The summed E-state index contributed by atoms with van der Waals surface area (Å²) in [5.41, 5.74) is 1.07. The van der Waals surface area contributed by atoms with Crippen LogP contribution < -0.4 is 0 Å². The number of carboxylic acids is 1. The number of halogens is 1. The van der Waals surface area contributed by atoms with Gasteiger partial charge in [0.1, 0.15) is 0 Å². The van der Waals surface area contributed by atoms with Gasteiger partial charge < -0.3 is 5.11 Å². The molecule has 0 radical (unpaired) electrons. The molecule has 2 nitrogen and oxygen atoms in total. The van der Waals surface area contributed by atoms with Crippen LogP contribution in [0.15, 0.2) is 41.4 Å². The smallest absolute Gasteiger partial charge is 0.306 e. The Labute approximate surface area is 110 Å². The minimum absolute atomic E-state index is 0.295. The van der Waals surface area contributed by atoms with Crippen LogP contribution in [0.2, 0.25) is 0 Å². The first-order chi connectivity index (χ1) is 8.13. The van der Waals surface area contributed by atoms with Crippen molar-refractivity contribution in [2.24, 2.45) is 5.92 Å². The van der Waals surface area contributed by atoms with Crippen molar-refractivity contribution in [1.82, 2.24) is 0 Å². The van der Waals surface area contributed by atoms with E-state index in [1.54, 1.807) is 0 Å². The van der Waals surface area contributed by atoms with E-state index >= 15 is 0 Å². The number of carboxylic acid groups (broad SMARTS) is 1. The summed E-state index contributed by atoms with van der Waals surface area (Å²) in [6.45, 7) is 3.64. The molecule has 1 atom stereocenters. The number of hydrogen-bond acceptors (Lipinski definition) is 1. The Balaban J connectivity index is 2.56. The minimum atomic E-state index is -0.711. The summed E-state index contributed by atoms with van der Waals surface area (Å²) in [7, 11) is 0. The van der Waals surface area contributed by atoms with Crippen molar-refractivity contribution in [2.75, 3.05) is 0 Å². The molecule has 0 spiro atoms. The molecule has 1 aromatic carbocycles. The topological polar surface area (TPSA) is 37.3 Å². The van der Waals surface area contributed by atoms with E-state index in [2.05, 4.69) is 22.5 Å². The van der Waals surface area contributed by atoms with Gasteiger partial charge in [-0.25, -0.2) is 0 Å². The maximum Gasteiger partial charge on any atom is 0.306 e. The Hall–Kier alpha value is -1.09. The van der Waals surface area contributed by atoms with Gasteiger partial charge in [-0.1, -0.05) is 34.1 Å². The highest BCUT2D eigenvalue weighted by Crippen LogP contribution is 2.18. The molecule has 0 saturated carbocycles. The lowest BCUT2D eigenvalue weighted by Crippen LogP contribution is -2.16. The van der Waals surface area contributed by atoms with Crippen LogP contribution in [0.25, 0.3) is 0 Å².